The molecule has 5 nitrogen and oxygen atoms in total. The minimum Gasteiger partial charge on any atom is -0.493 e. The monoisotopic (exact) mass is 455 g/mol. The van der Waals surface area contributed by atoms with Crippen LogP contribution in [-0.4, -0.2) is 25.9 Å². The highest BCUT2D eigenvalue weighted by atomic mass is 16.6. The Hall–Kier alpha value is -3.99. The fourth-order valence-electron chi connectivity index (χ4n) is 3.92. The first-order valence-corrected chi connectivity index (χ1v) is 11.1. The zero-order valence-electron chi connectivity index (χ0n) is 20.1. The number of amides is 1. The molecule has 4 aromatic rings. The molecule has 5 heteroatoms. The van der Waals surface area contributed by atoms with Crippen molar-refractivity contribution < 1.29 is 19.0 Å². The Bertz CT molecular complexity index is 1310. The number of methoxy groups -OCH3 is 2. The molecule has 0 spiro atoms. The minimum absolute atomic E-state index is 0.511. The molecular weight excluding hydrogens is 426 g/mol. The zero-order chi connectivity index (χ0) is 24.3. The summed E-state index contributed by atoms with van der Waals surface area (Å²) in [5.41, 5.74) is 4.43. The van der Waals surface area contributed by atoms with E-state index in [1.807, 2.05) is 63.2 Å². The maximum atomic E-state index is 12.5. The summed E-state index contributed by atoms with van der Waals surface area (Å²) in [4.78, 5) is 12.5. The van der Waals surface area contributed by atoms with Crippen LogP contribution >= 0.6 is 0 Å². The van der Waals surface area contributed by atoms with Crippen molar-refractivity contribution in [2.75, 3.05) is 19.5 Å². The summed E-state index contributed by atoms with van der Waals surface area (Å²) in [6.45, 7) is 5.50. The Balaban J connectivity index is 1.80. The average Bonchev–Trinajstić information content (AvgIpc) is 2.83. The largest absolute Gasteiger partial charge is 0.493 e. The third kappa shape index (κ3) is 4.99. The van der Waals surface area contributed by atoms with Crippen molar-refractivity contribution in [2.24, 2.45) is 0 Å². The van der Waals surface area contributed by atoms with E-state index >= 15 is 0 Å². The Morgan fingerprint density at radius 1 is 0.706 bits per heavy atom. The molecule has 0 saturated carbocycles. The van der Waals surface area contributed by atoms with Crippen LogP contribution in [0.15, 0.2) is 78.9 Å². The van der Waals surface area contributed by atoms with E-state index in [2.05, 4.69) is 41.7 Å². The van der Waals surface area contributed by atoms with E-state index in [4.69, 9.17) is 14.2 Å². The first-order valence-electron chi connectivity index (χ1n) is 11.1. The minimum atomic E-state index is -0.596. The molecule has 0 aliphatic rings. The van der Waals surface area contributed by atoms with Crippen LogP contribution in [0.4, 0.5) is 10.5 Å². The summed E-state index contributed by atoms with van der Waals surface area (Å²) in [6, 6.07) is 26.4. The Labute approximate surface area is 200 Å². The SMILES string of the molecule is COc1cc2c(NC(=O)OC(C)(C)C)ccc(-c3ccc(-c4ccccc4)cc3)c2cc1OC. The number of hydrogen-bond acceptors (Lipinski definition) is 4. The molecule has 34 heavy (non-hydrogen) atoms. The number of rotatable bonds is 5. The van der Waals surface area contributed by atoms with E-state index in [0.717, 1.165) is 27.5 Å². The summed E-state index contributed by atoms with van der Waals surface area (Å²) in [5, 5.41) is 4.64. The van der Waals surface area contributed by atoms with Gasteiger partial charge in [-0.25, -0.2) is 4.79 Å². The molecule has 0 aromatic heterocycles. The molecule has 4 aromatic carbocycles. The topological polar surface area (TPSA) is 56.8 Å². The highest BCUT2D eigenvalue weighted by Gasteiger charge is 2.19. The Kier molecular flexibility index (Phi) is 6.46. The van der Waals surface area contributed by atoms with Crippen LogP contribution in [0.25, 0.3) is 33.0 Å². The molecule has 1 amide bonds. The van der Waals surface area contributed by atoms with Gasteiger partial charge in [-0.15, -0.1) is 0 Å². The van der Waals surface area contributed by atoms with Crippen LogP contribution in [0.1, 0.15) is 20.8 Å². The number of carbonyl (C=O) groups excluding carboxylic acids is 1. The van der Waals surface area contributed by atoms with Gasteiger partial charge in [0.25, 0.3) is 0 Å². The van der Waals surface area contributed by atoms with E-state index in [1.54, 1.807) is 14.2 Å². The van der Waals surface area contributed by atoms with Crippen molar-refractivity contribution >= 4 is 22.6 Å². The van der Waals surface area contributed by atoms with Gasteiger partial charge in [0.15, 0.2) is 11.5 Å². The second-order valence-electron chi connectivity index (χ2n) is 8.98. The average molecular weight is 456 g/mol. The molecule has 0 atom stereocenters. The van der Waals surface area contributed by atoms with E-state index in [-0.39, 0.29) is 0 Å². The van der Waals surface area contributed by atoms with Crippen LogP contribution < -0.4 is 14.8 Å². The van der Waals surface area contributed by atoms with Crippen LogP contribution in [-0.2, 0) is 4.74 Å². The standard InChI is InChI=1S/C29H29NO4/c1-29(2,3)34-28(31)30-25-16-15-22(23-17-26(32-4)27(33-5)18-24(23)25)21-13-11-20(12-14-21)19-9-7-6-8-10-19/h6-18H,1-5H3,(H,30,31). The lowest BCUT2D eigenvalue weighted by Crippen LogP contribution is -2.27. The third-order valence-electron chi connectivity index (χ3n) is 5.46. The number of hydrogen-bond donors (Lipinski definition) is 1. The van der Waals surface area contributed by atoms with Crippen molar-refractivity contribution in [3.63, 3.8) is 0 Å². The van der Waals surface area contributed by atoms with Crippen LogP contribution in [0, 0.1) is 0 Å². The third-order valence-corrected chi connectivity index (χ3v) is 5.46. The van der Waals surface area contributed by atoms with E-state index < -0.39 is 11.7 Å². The number of ether oxygens (including phenoxy) is 3. The van der Waals surface area contributed by atoms with Gasteiger partial charge < -0.3 is 14.2 Å². The molecule has 1 N–H and O–H groups in total. The number of anilines is 1. The van der Waals surface area contributed by atoms with Gasteiger partial charge >= 0.3 is 6.09 Å². The smallest absolute Gasteiger partial charge is 0.412 e. The Morgan fingerprint density at radius 2 is 1.26 bits per heavy atom. The molecule has 174 valence electrons. The quantitative estimate of drug-likeness (QED) is 0.338. The predicted molar refractivity (Wildman–Crippen MR) is 138 cm³/mol. The number of carbonyl (C=O) groups is 1. The number of benzene rings is 4. The van der Waals surface area contributed by atoms with Gasteiger partial charge in [0.05, 0.1) is 19.9 Å². The first kappa shape index (κ1) is 23.2. The summed E-state index contributed by atoms with van der Waals surface area (Å²) >= 11 is 0. The van der Waals surface area contributed by atoms with Gasteiger partial charge in [-0.05, 0) is 66.6 Å². The first-order chi connectivity index (χ1) is 16.3. The van der Waals surface area contributed by atoms with Gasteiger partial charge in [0.1, 0.15) is 5.60 Å². The highest BCUT2D eigenvalue weighted by Crippen LogP contribution is 2.40. The second kappa shape index (κ2) is 9.48. The summed E-state index contributed by atoms with van der Waals surface area (Å²) in [5.74, 6) is 1.20. The van der Waals surface area contributed by atoms with Crippen LogP contribution in [0.5, 0.6) is 11.5 Å². The lowest BCUT2D eigenvalue weighted by molar-refractivity contribution is 0.0636. The molecule has 4 rings (SSSR count). The maximum Gasteiger partial charge on any atom is 0.412 e. The molecule has 0 aliphatic heterocycles. The van der Waals surface area contributed by atoms with Crippen molar-refractivity contribution in [1.82, 2.24) is 0 Å². The van der Waals surface area contributed by atoms with E-state index in [1.165, 1.54) is 5.56 Å². The van der Waals surface area contributed by atoms with Gasteiger partial charge in [0, 0.05) is 5.39 Å². The molecule has 0 heterocycles. The molecule has 0 radical (unpaired) electrons. The van der Waals surface area contributed by atoms with Gasteiger partial charge in [0.2, 0.25) is 0 Å². The fourth-order valence-corrected chi connectivity index (χ4v) is 3.92. The molecule has 0 bridgehead atoms. The summed E-state index contributed by atoms with van der Waals surface area (Å²) < 4.78 is 16.5. The molecular formula is C29H29NO4. The van der Waals surface area contributed by atoms with Crippen molar-refractivity contribution in [2.45, 2.75) is 26.4 Å². The van der Waals surface area contributed by atoms with Crippen molar-refractivity contribution in [1.29, 1.82) is 0 Å². The Morgan fingerprint density at radius 3 is 1.85 bits per heavy atom. The lowest BCUT2D eigenvalue weighted by Gasteiger charge is -2.21. The molecule has 0 unspecified atom stereocenters. The van der Waals surface area contributed by atoms with E-state index in [0.29, 0.717) is 17.2 Å². The molecule has 0 aliphatic carbocycles. The number of fused-ring (bicyclic) bond motifs is 1. The normalized spacial score (nSPS) is 11.2. The van der Waals surface area contributed by atoms with E-state index in [9.17, 15) is 4.79 Å². The van der Waals surface area contributed by atoms with Crippen LogP contribution in [0.2, 0.25) is 0 Å². The fraction of sp³-hybridized carbons (Fsp3) is 0.207. The van der Waals surface area contributed by atoms with Crippen LogP contribution in [0.3, 0.4) is 0 Å². The highest BCUT2D eigenvalue weighted by molar-refractivity contribution is 6.08. The number of nitrogens with one attached hydrogen (secondary N) is 1. The van der Waals surface area contributed by atoms with Crippen molar-refractivity contribution in [3.8, 4) is 33.8 Å². The maximum absolute atomic E-state index is 12.5. The van der Waals surface area contributed by atoms with Gasteiger partial charge in [-0.3, -0.25) is 5.32 Å². The summed E-state index contributed by atoms with van der Waals surface area (Å²) in [6.07, 6.45) is -0.511. The zero-order valence-corrected chi connectivity index (χ0v) is 20.1. The van der Waals surface area contributed by atoms with Gasteiger partial charge in [-0.1, -0.05) is 60.7 Å². The second-order valence-corrected chi connectivity index (χ2v) is 8.98. The molecule has 0 fully saturated rings. The lowest BCUT2D eigenvalue weighted by atomic mass is 9.95. The predicted octanol–water partition coefficient (Wildman–Crippen LogP) is 7.54. The summed E-state index contributed by atoms with van der Waals surface area (Å²) in [7, 11) is 3.21. The van der Waals surface area contributed by atoms with Gasteiger partial charge in [-0.2, -0.15) is 0 Å². The molecule has 0 saturated heterocycles. The van der Waals surface area contributed by atoms with Crippen molar-refractivity contribution in [3.05, 3.63) is 78.9 Å².